The van der Waals surface area contributed by atoms with Gasteiger partial charge in [-0.3, -0.25) is 9.58 Å². The van der Waals surface area contributed by atoms with Crippen molar-refractivity contribution in [1.82, 2.24) is 20.0 Å². The summed E-state index contributed by atoms with van der Waals surface area (Å²) in [4.78, 5) is 2.24. The zero-order chi connectivity index (χ0) is 13.0. The van der Waals surface area contributed by atoms with Crippen LogP contribution in [0.5, 0.6) is 0 Å². The van der Waals surface area contributed by atoms with E-state index in [1.165, 1.54) is 0 Å². The molecule has 1 aromatic heterocycles. The fraction of sp³-hybridized carbons (Fsp3) is 0.692. The van der Waals surface area contributed by atoms with E-state index in [2.05, 4.69) is 35.2 Å². The van der Waals surface area contributed by atoms with E-state index in [0.29, 0.717) is 6.04 Å². The monoisotopic (exact) mass is 247 g/mol. The van der Waals surface area contributed by atoms with E-state index in [4.69, 9.17) is 0 Å². The van der Waals surface area contributed by atoms with Crippen LogP contribution in [0.4, 0.5) is 0 Å². The minimum absolute atomic E-state index is 0.169. The largest absolute Gasteiger partial charge is 0.315 e. The van der Waals surface area contributed by atoms with Gasteiger partial charge >= 0.3 is 0 Å². The first kappa shape index (κ1) is 13.1. The molecule has 1 atom stereocenters. The Morgan fingerprint density at radius 2 is 2.22 bits per heavy atom. The standard InChI is InChI=1S/C13H21N5/c1-11(2)18-10-12(9-16-18)13(8-14)17-6-3-4-15-5-7-17/h9-11,13,15H,3-7H2,1-2H3. The maximum absolute atomic E-state index is 9.42. The molecule has 2 heterocycles. The number of aromatic nitrogens is 2. The van der Waals surface area contributed by atoms with Gasteiger partial charge in [0.1, 0.15) is 6.04 Å². The van der Waals surface area contributed by atoms with Crippen LogP contribution in [-0.4, -0.2) is 40.9 Å². The van der Waals surface area contributed by atoms with Crippen molar-refractivity contribution in [3.05, 3.63) is 18.0 Å². The Labute approximate surface area is 108 Å². The lowest BCUT2D eigenvalue weighted by atomic mass is 10.1. The van der Waals surface area contributed by atoms with Crippen LogP contribution in [-0.2, 0) is 0 Å². The van der Waals surface area contributed by atoms with Crippen molar-refractivity contribution >= 4 is 0 Å². The molecule has 1 N–H and O–H groups in total. The van der Waals surface area contributed by atoms with Crippen molar-refractivity contribution in [3.8, 4) is 6.07 Å². The van der Waals surface area contributed by atoms with Crippen LogP contribution in [0.1, 0.15) is 37.9 Å². The molecule has 0 aromatic carbocycles. The fourth-order valence-corrected chi connectivity index (χ4v) is 2.27. The van der Waals surface area contributed by atoms with E-state index >= 15 is 0 Å². The van der Waals surface area contributed by atoms with Crippen LogP contribution in [0.3, 0.4) is 0 Å². The minimum Gasteiger partial charge on any atom is -0.315 e. The van der Waals surface area contributed by atoms with Crippen LogP contribution in [0.2, 0.25) is 0 Å². The number of nitrogens with zero attached hydrogens (tertiary/aromatic N) is 4. The summed E-state index contributed by atoms with van der Waals surface area (Å²) in [5.41, 5.74) is 1.01. The van der Waals surface area contributed by atoms with Crippen molar-refractivity contribution < 1.29 is 0 Å². The third kappa shape index (κ3) is 2.89. The van der Waals surface area contributed by atoms with Crippen molar-refractivity contribution in [2.45, 2.75) is 32.4 Å². The summed E-state index contributed by atoms with van der Waals surface area (Å²) in [6, 6.07) is 2.58. The molecule has 1 fully saturated rings. The molecule has 1 aliphatic heterocycles. The molecule has 18 heavy (non-hydrogen) atoms. The van der Waals surface area contributed by atoms with Crippen molar-refractivity contribution in [2.75, 3.05) is 26.2 Å². The molecule has 1 saturated heterocycles. The zero-order valence-corrected chi connectivity index (χ0v) is 11.1. The first-order valence-electron chi connectivity index (χ1n) is 6.61. The normalized spacial score (nSPS) is 19.4. The number of rotatable bonds is 3. The molecule has 1 unspecified atom stereocenters. The highest BCUT2D eigenvalue weighted by Gasteiger charge is 2.22. The van der Waals surface area contributed by atoms with Crippen LogP contribution < -0.4 is 5.32 Å². The van der Waals surface area contributed by atoms with Gasteiger partial charge in [0.2, 0.25) is 0 Å². The minimum atomic E-state index is -0.169. The maximum atomic E-state index is 9.42. The lowest BCUT2D eigenvalue weighted by Crippen LogP contribution is -2.31. The Morgan fingerprint density at radius 1 is 1.39 bits per heavy atom. The Bertz CT molecular complexity index is 409. The van der Waals surface area contributed by atoms with Gasteiger partial charge in [-0.05, 0) is 26.8 Å². The molecule has 1 aliphatic rings. The van der Waals surface area contributed by atoms with Crippen LogP contribution in [0.25, 0.3) is 0 Å². The number of nitrogens with one attached hydrogen (secondary N) is 1. The second-order valence-electron chi connectivity index (χ2n) is 5.02. The highest BCUT2D eigenvalue weighted by Crippen LogP contribution is 2.21. The molecule has 0 amide bonds. The van der Waals surface area contributed by atoms with Crippen LogP contribution >= 0.6 is 0 Å². The molecule has 0 radical (unpaired) electrons. The van der Waals surface area contributed by atoms with E-state index < -0.39 is 0 Å². The topological polar surface area (TPSA) is 56.9 Å². The van der Waals surface area contributed by atoms with E-state index in [-0.39, 0.29) is 6.04 Å². The van der Waals surface area contributed by atoms with Crippen molar-refractivity contribution in [1.29, 1.82) is 5.26 Å². The first-order valence-corrected chi connectivity index (χ1v) is 6.61. The Balaban J connectivity index is 2.13. The van der Waals surface area contributed by atoms with Gasteiger partial charge in [-0.1, -0.05) is 0 Å². The maximum Gasteiger partial charge on any atom is 0.126 e. The van der Waals surface area contributed by atoms with Crippen molar-refractivity contribution in [2.24, 2.45) is 0 Å². The van der Waals surface area contributed by atoms with Gasteiger partial charge in [0.25, 0.3) is 0 Å². The third-order valence-corrected chi connectivity index (χ3v) is 3.33. The van der Waals surface area contributed by atoms with Gasteiger partial charge < -0.3 is 5.32 Å². The zero-order valence-electron chi connectivity index (χ0n) is 11.1. The summed E-state index contributed by atoms with van der Waals surface area (Å²) in [6.45, 7) is 8.07. The highest BCUT2D eigenvalue weighted by atomic mass is 15.3. The molecule has 0 saturated carbocycles. The smallest absolute Gasteiger partial charge is 0.126 e. The van der Waals surface area contributed by atoms with Gasteiger partial charge in [-0.2, -0.15) is 10.4 Å². The van der Waals surface area contributed by atoms with Gasteiger partial charge in [0.05, 0.1) is 12.3 Å². The molecule has 5 nitrogen and oxygen atoms in total. The summed E-state index contributed by atoms with van der Waals surface area (Å²) >= 11 is 0. The van der Waals surface area contributed by atoms with Gasteiger partial charge in [-0.15, -0.1) is 0 Å². The average Bonchev–Trinajstić information content (AvgIpc) is 2.68. The predicted octanol–water partition coefficient (Wildman–Crippen LogP) is 1.32. The van der Waals surface area contributed by atoms with E-state index in [9.17, 15) is 5.26 Å². The molecule has 1 aromatic rings. The molecular formula is C13H21N5. The average molecular weight is 247 g/mol. The van der Waals surface area contributed by atoms with E-state index in [1.54, 1.807) is 0 Å². The van der Waals surface area contributed by atoms with E-state index in [0.717, 1.165) is 38.2 Å². The molecule has 5 heteroatoms. The predicted molar refractivity (Wildman–Crippen MR) is 70.0 cm³/mol. The van der Waals surface area contributed by atoms with Gasteiger partial charge in [-0.25, -0.2) is 0 Å². The molecular weight excluding hydrogens is 226 g/mol. The van der Waals surface area contributed by atoms with Crippen LogP contribution in [0, 0.1) is 11.3 Å². The number of hydrogen-bond donors (Lipinski definition) is 1. The summed E-state index contributed by atoms with van der Waals surface area (Å²) in [6.07, 6.45) is 4.92. The quantitative estimate of drug-likeness (QED) is 0.875. The summed E-state index contributed by atoms with van der Waals surface area (Å²) in [7, 11) is 0. The highest BCUT2D eigenvalue weighted by molar-refractivity contribution is 5.18. The SMILES string of the molecule is CC(C)n1cc(C(C#N)N2CCCNCC2)cn1. The Kier molecular flexibility index (Phi) is 4.34. The molecule has 2 rings (SSSR count). The first-order chi connectivity index (χ1) is 8.72. The summed E-state index contributed by atoms with van der Waals surface area (Å²) < 4.78 is 1.91. The Hall–Kier alpha value is -1.38. The summed E-state index contributed by atoms with van der Waals surface area (Å²) in [5.74, 6) is 0. The molecule has 0 spiro atoms. The third-order valence-electron chi connectivity index (χ3n) is 3.33. The van der Waals surface area contributed by atoms with Crippen molar-refractivity contribution in [3.63, 3.8) is 0 Å². The molecule has 0 aliphatic carbocycles. The van der Waals surface area contributed by atoms with Gasteiger partial charge in [0, 0.05) is 37.4 Å². The van der Waals surface area contributed by atoms with E-state index in [1.807, 2.05) is 17.1 Å². The Morgan fingerprint density at radius 3 is 2.89 bits per heavy atom. The number of nitriles is 1. The second-order valence-corrected chi connectivity index (χ2v) is 5.02. The lowest BCUT2D eigenvalue weighted by Gasteiger charge is -2.24. The van der Waals surface area contributed by atoms with Gasteiger partial charge in [0.15, 0.2) is 0 Å². The molecule has 98 valence electrons. The van der Waals surface area contributed by atoms with Crippen LogP contribution in [0.15, 0.2) is 12.4 Å². The lowest BCUT2D eigenvalue weighted by molar-refractivity contribution is 0.252. The fourth-order valence-electron chi connectivity index (χ4n) is 2.27. The molecule has 0 bridgehead atoms. The number of hydrogen-bond acceptors (Lipinski definition) is 4. The second kappa shape index (κ2) is 5.98. The summed E-state index contributed by atoms with van der Waals surface area (Å²) in [5, 5.41) is 17.1.